The highest BCUT2D eigenvalue weighted by Gasteiger charge is 2.30. The van der Waals surface area contributed by atoms with Crippen LogP contribution in [0.3, 0.4) is 0 Å². The maximum Gasteiger partial charge on any atom is 0.416 e. The van der Waals surface area contributed by atoms with E-state index in [0.717, 1.165) is 83.6 Å². The second-order valence-electron chi connectivity index (χ2n) is 11.4. The number of piperazine rings is 1. The summed E-state index contributed by atoms with van der Waals surface area (Å²) in [5.41, 5.74) is -0.670. The fourth-order valence-corrected chi connectivity index (χ4v) is 5.28. The number of benzene rings is 1. The van der Waals surface area contributed by atoms with Gasteiger partial charge >= 0.3 is 6.18 Å². The van der Waals surface area contributed by atoms with Gasteiger partial charge in [0, 0.05) is 45.7 Å². The Labute approximate surface area is 265 Å². The number of alkyl halides is 3. The van der Waals surface area contributed by atoms with Crippen LogP contribution in [0.5, 0.6) is 5.75 Å². The number of nitrogens with one attached hydrogen (secondary N) is 1. The number of rotatable bonds is 18. The fraction of sp³-hybridized carbons (Fsp3) is 0.667. The molecule has 12 heteroatoms. The van der Waals surface area contributed by atoms with Crippen molar-refractivity contribution in [2.75, 3.05) is 59.0 Å². The van der Waals surface area contributed by atoms with E-state index >= 15 is 0 Å². The van der Waals surface area contributed by atoms with Crippen LogP contribution in [0.25, 0.3) is 0 Å². The molecule has 3 rings (SSSR count). The summed E-state index contributed by atoms with van der Waals surface area (Å²) in [6, 6.07) is 5.01. The third kappa shape index (κ3) is 18.4. The van der Waals surface area contributed by atoms with Crippen LogP contribution in [0.2, 0.25) is 0 Å². The zero-order chi connectivity index (χ0) is 32.8. The van der Waals surface area contributed by atoms with Gasteiger partial charge in [0.1, 0.15) is 5.75 Å². The molecule has 1 aliphatic carbocycles. The molecule has 1 aromatic carbocycles. The summed E-state index contributed by atoms with van der Waals surface area (Å²) in [4.78, 5) is 30.8. The third-order valence-electron chi connectivity index (χ3n) is 7.79. The Bertz CT molecular complexity index is 1020. The minimum Gasteiger partial charge on any atom is -0.493 e. The van der Waals surface area contributed by atoms with Crippen LogP contribution in [0, 0.1) is 16.0 Å². The number of carbonyl (C=O) groups excluding carboxylic acids is 1. The normalized spacial score (nSPS) is 16.5. The number of unbranched alkanes of at least 4 members (excludes halogenated alkanes) is 1. The Hall–Kier alpha value is -3.12. The highest BCUT2D eigenvalue weighted by Crippen LogP contribution is 2.31. The minimum absolute atomic E-state index is 0.145. The van der Waals surface area contributed by atoms with Crippen molar-refractivity contribution in [3.05, 3.63) is 64.2 Å². The Balaban J connectivity index is 0.000000320. The maximum absolute atomic E-state index is 12.5. The molecule has 45 heavy (non-hydrogen) atoms. The molecule has 0 aromatic heterocycles. The monoisotopic (exact) mass is 640 g/mol. The van der Waals surface area contributed by atoms with Gasteiger partial charge in [0.25, 0.3) is 5.09 Å². The number of hydrogen-bond donors (Lipinski definition) is 1. The van der Waals surface area contributed by atoms with E-state index in [1.165, 1.54) is 31.7 Å². The molecule has 1 aliphatic heterocycles. The summed E-state index contributed by atoms with van der Waals surface area (Å²) in [6.07, 6.45) is 14.0. The van der Waals surface area contributed by atoms with Crippen molar-refractivity contribution in [1.29, 1.82) is 0 Å². The highest BCUT2D eigenvalue weighted by molar-refractivity contribution is 5.75. The van der Waals surface area contributed by atoms with E-state index in [0.29, 0.717) is 25.4 Å². The Morgan fingerprint density at radius 3 is 2.36 bits per heavy atom. The summed E-state index contributed by atoms with van der Waals surface area (Å²) in [5, 5.41) is 12.3. The summed E-state index contributed by atoms with van der Waals surface area (Å²) >= 11 is 0. The number of amides is 1. The van der Waals surface area contributed by atoms with Crippen molar-refractivity contribution in [2.24, 2.45) is 5.92 Å². The first kappa shape index (κ1) is 38.1. The molecule has 1 aromatic rings. The quantitative estimate of drug-likeness (QED) is 0.0828. The van der Waals surface area contributed by atoms with E-state index in [4.69, 9.17) is 4.74 Å². The van der Waals surface area contributed by atoms with Gasteiger partial charge in [-0.25, -0.2) is 0 Å². The summed E-state index contributed by atoms with van der Waals surface area (Å²) in [7, 11) is 0. The van der Waals surface area contributed by atoms with Crippen molar-refractivity contribution >= 4 is 5.91 Å². The molecule has 1 N–H and O–H groups in total. The van der Waals surface area contributed by atoms with Crippen LogP contribution in [-0.2, 0) is 15.8 Å². The van der Waals surface area contributed by atoms with Crippen LogP contribution in [0.4, 0.5) is 13.2 Å². The van der Waals surface area contributed by atoms with Gasteiger partial charge in [0.05, 0.1) is 18.8 Å². The minimum atomic E-state index is -4.32. The van der Waals surface area contributed by atoms with Gasteiger partial charge in [-0.3, -0.25) is 4.79 Å². The first-order chi connectivity index (χ1) is 21.7. The maximum atomic E-state index is 12.5. The number of carbonyl (C=O) groups is 1. The molecule has 254 valence electrons. The van der Waals surface area contributed by atoms with Crippen molar-refractivity contribution in [3.63, 3.8) is 0 Å². The number of allylic oxidation sites excluding steroid dienone is 3. The molecular formula is C33H51F3N4O5. The lowest BCUT2D eigenvalue weighted by Crippen LogP contribution is -2.47. The van der Waals surface area contributed by atoms with Gasteiger partial charge in [0.2, 0.25) is 5.91 Å². The number of nitrogens with zero attached hydrogens (tertiary/aromatic N) is 3. The SMILES string of the molecule is CC=CCCCC(=O)NCCCN1CCN(CCCO[N+](=O)[O-])CC1.FC(F)(F)c1cccc(OCC/C=C/C2CCCC2)c1. The number of halogens is 3. The Morgan fingerprint density at radius 2 is 1.71 bits per heavy atom. The number of ether oxygens (including phenoxy) is 1. The molecular weight excluding hydrogens is 589 g/mol. The standard InChI is InChI=1S/C17H32N4O4.C16H19F3O/c1-2-3-4-5-8-17(22)18-9-6-10-19-12-14-20(15-13-19)11-7-16-25-21(23)24;17-16(18,19)14-9-5-10-15(12-14)20-11-4-3-8-13-6-1-2-7-13/h2-3H,4-16H2,1H3,(H,18,22);3,5,8-10,12-13H,1-2,4,6-7,11H2/b;8-3+. The van der Waals surface area contributed by atoms with E-state index in [2.05, 4.69) is 38.2 Å². The molecule has 0 unspecified atom stereocenters. The van der Waals surface area contributed by atoms with E-state index in [1.807, 2.05) is 13.0 Å². The van der Waals surface area contributed by atoms with Crippen LogP contribution in [-0.4, -0.2) is 79.8 Å². The third-order valence-corrected chi connectivity index (χ3v) is 7.79. The molecule has 1 amide bonds. The molecule has 0 radical (unpaired) electrons. The van der Waals surface area contributed by atoms with Gasteiger partial charge in [-0.1, -0.05) is 43.2 Å². The van der Waals surface area contributed by atoms with Gasteiger partial charge < -0.3 is 24.7 Å². The van der Waals surface area contributed by atoms with E-state index in [-0.39, 0.29) is 18.3 Å². The van der Waals surface area contributed by atoms with Gasteiger partial charge in [-0.2, -0.15) is 13.2 Å². The topological polar surface area (TPSA) is 97.2 Å². The van der Waals surface area contributed by atoms with Crippen LogP contribution < -0.4 is 10.1 Å². The smallest absolute Gasteiger partial charge is 0.416 e. The number of hydrogen-bond acceptors (Lipinski definition) is 7. The zero-order valence-electron chi connectivity index (χ0n) is 26.6. The summed E-state index contributed by atoms with van der Waals surface area (Å²) in [6.45, 7) is 9.12. The molecule has 2 aliphatic rings. The lowest BCUT2D eigenvalue weighted by molar-refractivity contribution is -0.757. The van der Waals surface area contributed by atoms with E-state index < -0.39 is 16.8 Å². The molecule has 2 fully saturated rings. The van der Waals surface area contributed by atoms with Crippen LogP contribution in [0.1, 0.15) is 76.7 Å². The second-order valence-corrected chi connectivity index (χ2v) is 11.4. The van der Waals surface area contributed by atoms with Crippen molar-refractivity contribution < 1.29 is 32.6 Å². The first-order valence-electron chi connectivity index (χ1n) is 16.2. The summed E-state index contributed by atoms with van der Waals surface area (Å²) in [5.74, 6) is 1.10. The van der Waals surface area contributed by atoms with E-state index in [1.54, 1.807) is 6.07 Å². The summed E-state index contributed by atoms with van der Waals surface area (Å²) < 4.78 is 42.9. The van der Waals surface area contributed by atoms with Gasteiger partial charge in [-0.05, 0) is 82.5 Å². The molecule has 1 saturated carbocycles. The first-order valence-corrected chi connectivity index (χ1v) is 16.2. The molecule has 0 atom stereocenters. The molecule has 1 heterocycles. The zero-order valence-corrected chi connectivity index (χ0v) is 26.6. The van der Waals surface area contributed by atoms with Gasteiger partial charge in [0.15, 0.2) is 0 Å². The lowest BCUT2D eigenvalue weighted by atomic mass is 10.1. The average Bonchev–Trinajstić information content (AvgIpc) is 3.54. The fourth-order valence-electron chi connectivity index (χ4n) is 5.28. The lowest BCUT2D eigenvalue weighted by Gasteiger charge is -2.34. The molecule has 0 bridgehead atoms. The largest absolute Gasteiger partial charge is 0.493 e. The Morgan fingerprint density at radius 1 is 1.02 bits per heavy atom. The molecule has 0 spiro atoms. The average molecular weight is 641 g/mol. The second kappa shape index (κ2) is 22.4. The van der Waals surface area contributed by atoms with Gasteiger partial charge in [-0.15, -0.1) is 10.1 Å². The van der Waals surface area contributed by atoms with Crippen molar-refractivity contribution in [1.82, 2.24) is 15.1 Å². The predicted molar refractivity (Wildman–Crippen MR) is 169 cm³/mol. The Kier molecular flexibility index (Phi) is 18.9. The van der Waals surface area contributed by atoms with E-state index in [9.17, 15) is 28.1 Å². The van der Waals surface area contributed by atoms with Crippen LogP contribution >= 0.6 is 0 Å². The van der Waals surface area contributed by atoms with Crippen molar-refractivity contribution in [3.8, 4) is 5.75 Å². The molecule has 9 nitrogen and oxygen atoms in total. The predicted octanol–water partition coefficient (Wildman–Crippen LogP) is 6.68. The van der Waals surface area contributed by atoms with Crippen LogP contribution in [0.15, 0.2) is 48.6 Å². The molecule has 1 saturated heterocycles. The highest BCUT2D eigenvalue weighted by atomic mass is 19.4. The van der Waals surface area contributed by atoms with Crippen molar-refractivity contribution in [2.45, 2.75) is 77.3 Å².